The molecule has 3 aliphatic rings. The molecule has 0 unspecified atom stereocenters. The van der Waals surface area contributed by atoms with Gasteiger partial charge in [0.15, 0.2) is 12.2 Å². The van der Waals surface area contributed by atoms with E-state index in [1.54, 1.807) is 19.1 Å². The number of epoxide rings is 2. The lowest BCUT2D eigenvalue weighted by Crippen LogP contribution is -2.46. The summed E-state index contributed by atoms with van der Waals surface area (Å²) in [7, 11) is 0. The van der Waals surface area contributed by atoms with Crippen molar-refractivity contribution in [3.05, 3.63) is 48.1 Å². The molecule has 3 rings (SSSR count). The molecule has 0 radical (unpaired) electrons. The number of fused-ring (bicyclic) bond motifs is 1. The molecule has 0 aromatic heterocycles. The quantitative estimate of drug-likeness (QED) is 0.0794. The number of allylic oxidation sites excluding steroid dienone is 3. The summed E-state index contributed by atoms with van der Waals surface area (Å²) in [6, 6.07) is 0. The first kappa shape index (κ1) is 36.4. The minimum absolute atomic E-state index is 0.213. The van der Waals surface area contributed by atoms with Crippen LogP contribution in [-0.4, -0.2) is 79.0 Å². The van der Waals surface area contributed by atoms with Crippen LogP contribution in [0.1, 0.15) is 78.6 Å². The van der Waals surface area contributed by atoms with Crippen LogP contribution in [-0.2, 0) is 47.7 Å². The molecular weight excluding hydrogens is 600 g/mol. The molecule has 0 aromatic carbocycles. The predicted octanol–water partition coefficient (Wildman–Crippen LogP) is 3.42. The lowest BCUT2D eigenvalue weighted by atomic mass is 10.00. The lowest BCUT2D eigenvalue weighted by Gasteiger charge is -2.24. The Morgan fingerprint density at radius 1 is 1.00 bits per heavy atom. The second-order valence-electron chi connectivity index (χ2n) is 11.4. The Morgan fingerprint density at radius 3 is 2.52 bits per heavy atom. The Kier molecular flexibility index (Phi) is 14.8. The Balaban J connectivity index is 1.68. The molecule has 4 amide bonds. The number of cyclic esters (lactones) is 1. The SMILES string of the molecule is CCCCCCCC(=O)OCC/C=C/[C@@H]1O[C@@H]1[C@@H]1OC(=O)/C=C\C=C\C(=O)NC(=O)/C=C(/C)CC[C@H]2O[C@@H]2[C@H]1OC(=O)NC(C)=O. The van der Waals surface area contributed by atoms with E-state index in [4.69, 9.17) is 23.7 Å². The van der Waals surface area contributed by atoms with Crippen molar-refractivity contribution in [1.82, 2.24) is 10.6 Å². The van der Waals surface area contributed by atoms with Crippen molar-refractivity contribution in [2.75, 3.05) is 6.61 Å². The van der Waals surface area contributed by atoms with E-state index in [2.05, 4.69) is 17.6 Å². The number of alkyl carbamates (subject to hydrolysis) is 1. The first-order valence-electron chi connectivity index (χ1n) is 15.8. The number of esters is 2. The number of hydrogen-bond donors (Lipinski definition) is 2. The van der Waals surface area contributed by atoms with Gasteiger partial charge >= 0.3 is 18.0 Å². The second-order valence-corrected chi connectivity index (χ2v) is 11.4. The van der Waals surface area contributed by atoms with Crippen LogP contribution < -0.4 is 10.6 Å². The molecule has 0 aromatic rings. The minimum atomic E-state index is -1.14. The molecule has 0 spiro atoms. The van der Waals surface area contributed by atoms with E-state index in [1.165, 1.54) is 18.2 Å². The van der Waals surface area contributed by atoms with E-state index in [0.717, 1.165) is 51.2 Å². The van der Waals surface area contributed by atoms with Gasteiger partial charge in [-0.05, 0) is 32.6 Å². The van der Waals surface area contributed by atoms with Gasteiger partial charge in [0.05, 0.1) is 12.7 Å². The number of hydrogen-bond acceptors (Lipinski definition) is 11. The van der Waals surface area contributed by atoms with Crippen molar-refractivity contribution in [2.24, 2.45) is 0 Å². The van der Waals surface area contributed by atoms with E-state index < -0.39 is 66.4 Å². The fourth-order valence-electron chi connectivity index (χ4n) is 4.90. The average molecular weight is 645 g/mol. The summed E-state index contributed by atoms with van der Waals surface area (Å²) in [6.45, 7) is 5.24. The first-order valence-corrected chi connectivity index (χ1v) is 15.8. The molecule has 13 nitrogen and oxygen atoms in total. The number of rotatable bonds is 12. The van der Waals surface area contributed by atoms with E-state index in [9.17, 15) is 28.8 Å². The first-order chi connectivity index (χ1) is 22.1. The Labute approximate surface area is 268 Å². The molecule has 46 heavy (non-hydrogen) atoms. The third kappa shape index (κ3) is 13.5. The van der Waals surface area contributed by atoms with Crippen LogP contribution in [0.15, 0.2) is 48.1 Å². The molecule has 13 heteroatoms. The Morgan fingerprint density at radius 2 is 1.76 bits per heavy atom. The van der Waals surface area contributed by atoms with Gasteiger partial charge in [0.1, 0.15) is 18.3 Å². The summed E-state index contributed by atoms with van der Waals surface area (Å²) in [5.41, 5.74) is 0.691. The summed E-state index contributed by atoms with van der Waals surface area (Å²) in [5, 5.41) is 4.25. The highest BCUT2D eigenvalue weighted by Crippen LogP contribution is 2.39. The van der Waals surface area contributed by atoms with Crippen LogP contribution in [0.3, 0.4) is 0 Å². The molecule has 3 aliphatic heterocycles. The minimum Gasteiger partial charge on any atom is -0.465 e. The van der Waals surface area contributed by atoms with E-state index in [0.29, 0.717) is 31.3 Å². The van der Waals surface area contributed by atoms with Crippen LogP contribution in [0.5, 0.6) is 0 Å². The highest BCUT2D eigenvalue weighted by Gasteiger charge is 2.58. The van der Waals surface area contributed by atoms with Crippen molar-refractivity contribution in [3.63, 3.8) is 0 Å². The molecule has 2 N–H and O–H groups in total. The fraction of sp³-hybridized carbons (Fsp3) is 0.576. The van der Waals surface area contributed by atoms with Crippen LogP contribution in [0.4, 0.5) is 4.79 Å². The number of carbonyl (C=O) groups is 6. The third-order valence-corrected chi connectivity index (χ3v) is 7.32. The maximum Gasteiger partial charge on any atom is 0.414 e. The Bertz CT molecular complexity index is 1240. The molecule has 6 atom stereocenters. The van der Waals surface area contributed by atoms with Gasteiger partial charge in [-0.2, -0.15) is 0 Å². The fourth-order valence-corrected chi connectivity index (χ4v) is 4.90. The monoisotopic (exact) mass is 644 g/mol. The molecular formula is C33H44N2O11. The van der Waals surface area contributed by atoms with Crippen LogP contribution in [0.25, 0.3) is 0 Å². The van der Waals surface area contributed by atoms with Crippen molar-refractivity contribution < 1.29 is 52.5 Å². The smallest absolute Gasteiger partial charge is 0.414 e. The van der Waals surface area contributed by atoms with Gasteiger partial charge in [0.25, 0.3) is 11.8 Å². The number of unbranched alkanes of at least 4 members (excludes halogenated alkanes) is 4. The molecule has 2 saturated heterocycles. The molecule has 0 aliphatic carbocycles. The molecule has 252 valence electrons. The van der Waals surface area contributed by atoms with Crippen LogP contribution in [0.2, 0.25) is 0 Å². The Hall–Kier alpha value is -4.10. The molecule has 2 fully saturated rings. The number of amides is 4. The summed E-state index contributed by atoms with van der Waals surface area (Å²) in [6.07, 6.45) is 10.9. The number of carbonyl (C=O) groups excluding carboxylic acids is 6. The summed E-state index contributed by atoms with van der Waals surface area (Å²) in [5.74, 6) is -2.94. The predicted molar refractivity (Wildman–Crippen MR) is 164 cm³/mol. The largest absolute Gasteiger partial charge is 0.465 e. The third-order valence-electron chi connectivity index (χ3n) is 7.32. The van der Waals surface area contributed by atoms with Gasteiger partial charge in [-0.3, -0.25) is 29.8 Å². The highest BCUT2D eigenvalue weighted by atomic mass is 16.7. The number of ether oxygens (including phenoxy) is 5. The number of imide groups is 2. The highest BCUT2D eigenvalue weighted by molar-refractivity contribution is 6.05. The van der Waals surface area contributed by atoms with Gasteiger partial charge in [0.2, 0.25) is 5.91 Å². The van der Waals surface area contributed by atoms with E-state index >= 15 is 0 Å². The van der Waals surface area contributed by atoms with E-state index in [1.807, 2.05) is 0 Å². The van der Waals surface area contributed by atoms with Gasteiger partial charge in [-0.1, -0.05) is 62.5 Å². The zero-order chi connectivity index (χ0) is 33.5. The van der Waals surface area contributed by atoms with Gasteiger partial charge in [-0.25, -0.2) is 9.59 Å². The topological polar surface area (TPSA) is 179 Å². The van der Waals surface area contributed by atoms with Crippen molar-refractivity contribution >= 4 is 35.8 Å². The zero-order valence-corrected chi connectivity index (χ0v) is 26.6. The normalized spacial score (nSPS) is 29.2. The maximum absolute atomic E-state index is 12.8. The molecule has 0 bridgehead atoms. The lowest BCUT2D eigenvalue weighted by molar-refractivity contribution is -0.152. The van der Waals surface area contributed by atoms with Gasteiger partial charge in [-0.15, -0.1) is 0 Å². The summed E-state index contributed by atoms with van der Waals surface area (Å²) < 4.78 is 28.2. The molecule has 0 saturated carbocycles. The van der Waals surface area contributed by atoms with Crippen LogP contribution >= 0.6 is 0 Å². The second kappa shape index (κ2) is 18.8. The van der Waals surface area contributed by atoms with Crippen molar-refractivity contribution in [2.45, 2.75) is 115 Å². The van der Waals surface area contributed by atoms with Crippen LogP contribution in [0, 0.1) is 0 Å². The van der Waals surface area contributed by atoms with E-state index in [-0.39, 0.29) is 12.6 Å². The maximum atomic E-state index is 12.8. The standard InChI is InChI=1S/C33H44N2O11/c1-4-5-6-7-8-15-27(39)42-19-12-11-13-23-29(43-23)31-32(46-33(41)34-22(3)36)30-24(44-30)18-17-21(2)20-26(38)35-25(37)14-9-10-16-28(40)45-31/h9-11,13-14,16,20,23-24,29-32H,4-8,12,15,17-19H2,1-3H3,(H,34,36,41)(H,35,37,38)/b13-11+,14-9+,16-10-,21-20-/t23-,24+,29-,30-,31-,32+/m0/s1. The average Bonchev–Trinajstić information content (AvgIpc) is 3.91. The zero-order valence-electron chi connectivity index (χ0n) is 26.6. The van der Waals surface area contributed by atoms with Crippen molar-refractivity contribution in [3.8, 4) is 0 Å². The van der Waals surface area contributed by atoms with Gasteiger partial charge in [0, 0.05) is 31.6 Å². The van der Waals surface area contributed by atoms with Crippen molar-refractivity contribution in [1.29, 1.82) is 0 Å². The summed E-state index contributed by atoms with van der Waals surface area (Å²) >= 11 is 0. The summed E-state index contributed by atoms with van der Waals surface area (Å²) in [4.78, 5) is 72.9. The molecule has 3 heterocycles. The van der Waals surface area contributed by atoms with Gasteiger partial charge < -0.3 is 23.7 Å². The number of nitrogens with one attached hydrogen (secondary N) is 2.